The summed E-state index contributed by atoms with van der Waals surface area (Å²) in [5.41, 5.74) is -1.09. The average Bonchev–Trinajstić information content (AvgIpc) is 3.12. The Balaban J connectivity index is 1.38. The number of morpholine rings is 1. The maximum Gasteiger partial charge on any atom is 0.242 e. The van der Waals surface area contributed by atoms with Crippen LogP contribution in [0.3, 0.4) is 0 Å². The molecule has 2 saturated heterocycles. The average molecular weight is 728 g/mol. The molecule has 52 heavy (non-hydrogen) atoms. The lowest BCUT2D eigenvalue weighted by Crippen LogP contribution is -2.54. The number of hydrazone groups is 1. The molecule has 2 aliphatic heterocycles. The summed E-state index contributed by atoms with van der Waals surface area (Å²) in [6.07, 6.45) is -4.26. The lowest BCUT2D eigenvalue weighted by atomic mass is 9.71. The molecule has 2 aromatic rings. The van der Waals surface area contributed by atoms with Gasteiger partial charge in [-0.2, -0.15) is 5.10 Å². The van der Waals surface area contributed by atoms with Crippen molar-refractivity contribution in [2.24, 2.45) is 11.0 Å². The Hall–Kier alpha value is -4.00. The number of benzene rings is 2. The van der Waals surface area contributed by atoms with Crippen molar-refractivity contribution in [3.05, 3.63) is 51.6 Å². The van der Waals surface area contributed by atoms with E-state index < -0.39 is 95.7 Å². The van der Waals surface area contributed by atoms with E-state index in [-0.39, 0.29) is 46.2 Å². The summed E-state index contributed by atoms with van der Waals surface area (Å²) in [5.74, 6) is -3.57. The highest BCUT2D eigenvalue weighted by atomic mass is 16.7. The molecule has 0 radical (unpaired) electrons. The molecular formula is C36H45N3O13. The van der Waals surface area contributed by atoms with E-state index in [0.717, 1.165) is 0 Å². The number of nitrogens with zero attached hydrogens (tertiary/aromatic N) is 1. The molecule has 2 aromatic carbocycles. The van der Waals surface area contributed by atoms with Crippen LogP contribution in [-0.2, 0) is 34.9 Å². The van der Waals surface area contributed by atoms with Crippen molar-refractivity contribution in [3.63, 3.8) is 0 Å². The molecule has 1 amide bonds. The molecule has 0 unspecified atom stereocenters. The van der Waals surface area contributed by atoms with Gasteiger partial charge in [-0.1, -0.05) is 26.0 Å². The first-order valence-electron chi connectivity index (χ1n) is 17.2. The summed E-state index contributed by atoms with van der Waals surface area (Å²) in [7, 11) is 2.87. The van der Waals surface area contributed by atoms with Gasteiger partial charge in [0.1, 0.15) is 22.8 Å². The number of ether oxygens (including phenoxy) is 6. The fraction of sp³-hybridized carbons (Fsp3) is 0.556. The summed E-state index contributed by atoms with van der Waals surface area (Å²) in [6, 6.07) is 4.45. The van der Waals surface area contributed by atoms with Gasteiger partial charge in [-0.3, -0.25) is 19.7 Å². The SMILES string of the molecule is COc1cccc2c1C(=O)c1c(O)c3c(c(O)c1C2=O)C[C@@](O)(/C(CO)=N/NC(=O)C(C)C)C[C@@H]3O[C@H]1CC[C@H](O[C@H]2NCCO[C@@H]2OC)[C@H](C)O1. The lowest BCUT2D eigenvalue weighted by Gasteiger charge is -2.43. The first-order valence-corrected chi connectivity index (χ1v) is 17.2. The van der Waals surface area contributed by atoms with Crippen molar-refractivity contribution < 1.29 is 63.2 Å². The van der Waals surface area contributed by atoms with Gasteiger partial charge >= 0.3 is 0 Å². The highest BCUT2D eigenvalue weighted by Crippen LogP contribution is 2.52. The van der Waals surface area contributed by atoms with Crippen molar-refractivity contribution in [1.29, 1.82) is 0 Å². The summed E-state index contributed by atoms with van der Waals surface area (Å²) in [4.78, 5) is 40.3. The summed E-state index contributed by atoms with van der Waals surface area (Å²) in [5, 5.41) is 53.5. The summed E-state index contributed by atoms with van der Waals surface area (Å²) >= 11 is 0. The van der Waals surface area contributed by atoms with E-state index in [0.29, 0.717) is 26.0 Å². The molecule has 0 spiro atoms. The number of methoxy groups -OCH3 is 2. The molecule has 0 aromatic heterocycles. The minimum atomic E-state index is -2.06. The number of phenols is 2. The van der Waals surface area contributed by atoms with Crippen molar-refractivity contribution in [1.82, 2.24) is 10.7 Å². The van der Waals surface area contributed by atoms with Crippen LogP contribution < -0.4 is 15.5 Å². The molecule has 0 bridgehead atoms. The molecule has 4 aliphatic rings. The monoisotopic (exact) mass is 727 g/mol. The zero-order valence-electron chi connectivity index (χ0n) is 29.6. The fourth-order valence-corrected chi connectivity index (χ4v) is 7.24. The van der Waals surface area contributed by atoms with Crippen LogP contribution in [-0.4, -0.2) is 114 Å². The Morgan fingerprint density at radius 3 is 2.52 bits per heavy atom. The zero-order valence-corrected chi connectivity index (χ0v) is 29.6. The molecule has 16 nitrogen and oxygen atoms in total. The van der Waals surface area contributed by atoms with E-state index in [9.17, 15) is 34.8 Å². The predicted octanol–water partition coefficient (Wildman–Crippen LogP) is 1.57. The fourth-order valence-electron chi connectivity index (χ4n) is 7.24. The third-order valence-corrected chi connectivity index (χ3v) is 10.0. The third-order valence-electron chi connectivity index (χ3n) is 10.0. The van der Waals surface area contributed by atoms with Gasteiger partial charge in [0.15, 0.2) is 24.6 Å². The van der Waals surface area contributed by atoms with Crippen LogP contribution in [0.25, 0.3) is 0 Å². The van der Waals surface area contributed by atoms with Gasteiger partial charge in [0.25, 0.3) is 0 Å². The van der Waals surface area contributed by atoms with Crippen LogP contribution in [0, 0.1) is 5.92 Å². The number of aliphatic hydroxyl groups excluding tert-OH is 1. The molecule has 2 fully saturated rings. The van der Waals surface area contributed by atoms with Crippen molar-refractivity contribution in [2.75, 3.05) is 34.0 Å². The van der Waals surface area contributed by atoms with E-state index in [2.05, 4.69) is 15.8 Å². The zero-order chi connectivity index (χ0) is 37.5. The largest absolute Gasteiger partial charge is 0.507 e. The molecule has 2 aliphatic carbocycles. The summed E-state index contributed by atoms with van der Waals surface area (Å²) in [6.45, 7) is 5.35. The molecule has 0 saturated carbocycles. The molecule has 282 valence electrons. The highest BCUT2D eigenvalue weighted by molar-refractivity contribution is 6.31. The van der Waals surface area contributed by atoms with Gasteiger partial charge < -0.3 is 48.8 Å². The highest BCUT2D eigenvalue weighted by Gasteiger charge is 2.49. The number of nitrogens with one attached hydrogen (secondary N) is 2. The predicted molar refractivity (Wildman–Crippen MR) is 181 cm³/mol. The number of phenolic OH excluding ortho intramolecular Hbond substituents is 2. The van der Waals surface area contributed by atoms with Crippen LogP contribution in [0.4, 0.5) is 0 Å². The quantitative estimate of drug-likeness (QED) is 0.0991. The minimum absolute atomic E-state index is 0.0347. The number of carbonyl (C=O) groups excluding carboxylic acids is 3. The molecule has 6 N–H and O–H groups in total. The number of hydrogen-bond donors (Lipinski definition) is 6. The van der Waals surface area contributed by atoms with Gasteiger partial charge in [-0.05, 0) is 19.4 Å². The summed E-state index contributed by atoms with van der Waals surface area (Å²) < 4.78 is 35.3. The molecule has 16 heteroatoms. The second-order valence-corrected chi connectivity index (χ2v) is 13.6. The number of amides is 1. The van der Waals surface area contributed by atoms with E-state index in [1.54, 1.807) is 20.8 Å². The number of rotatable bonds is 10. The number of carbonyl (C=O) groups is 3. The van der Waals surface area contributed by atoms with E-state index in [4.69, 9.17) is 28.4 Å². The van der Waals surface area contributed by atoms with Crippen molar-refractivity contribution in [3.8, 4) is 17.2 Å². The Kier molecular flexibility index (Phi) is 11.0. The first-order chi connectivity index (χ1) is 24.8. The maximum absolute atomic E-state index is 14.0. The number of aromatic hydroxyl groups is 2. The van der Waals surface area contributed by atoms with Gasteiger partial charge in [0.2, 0.25) is 11.7 Å². The van der Waals surface area contributed by atoms with Crippen LogP contribution in [0.1, 0.15) is 89.1 Å². The Morgan fingerprint density at radius 2 is 1.85 bits per heavy atom. The van der Waals surface area contributed by atoms with Crippen LogP contribution in [0.15, 0.2) is 23.3 Å². The molecule has 6 rings (SSSR count). The first kappa shape index (κ1) is 37.7. The number of aliphatic hydroxyl groups is 2. The normalized spacial score (nSPS) is 29.0. The number of fused-ring (bicyclic) bond motifs is 3. The topological polar surface area (TPSA) is 224 Å². The lowest BCUT2D eigenvalue weighted by molar-refractivity contribution is -0.281. The van der Waals surface area contributed by atoms with Crippen LogP contribution in [0.2, 0.25) is 0 Å². The van der Waals surface area contributed by atoms with Gasteiger partial charge in [-0.15, -0.1) is 0 Å². The molecule has 7 atom stereocenters. The van der Waals surface area contributed by atoms with Crippen molar-refractivity contribution >= 4 is 23.2 Å². The minimum Gasteiger partial charge on any atom is -0.507 e. The second kappa shape index (κ2) is 15.2. The van der Waals surface area contributed by atoms with E-state index in [1.165, 1.54) is 32.4 Å². The Morgan fingerprint density at radius 1 is 1.10 bits per heavy atom. The second-order valence-electron chi connectivity index (χ2n) is 13.6. The standard InChI is InChI=1S/C36H45N3O13/c1-16(2)33(45)39-38-23(15-40)36(46)13-19-26(32(44)28-27(30(19)42)29(41)18-7-6-8-21(47-4)25(18)31(28)43)22(14-36)51-24-10-9-20(17(3)50-24)52-34-35(48-5)49-12-11-37-34/h6-8,16-17,20,22,24,34-35,37,40,42,44,46H,9-15H2,1-5H3,(H,39,45)/b38-23+/t17-,20-,22-,24-,34+,35-,36-/m0/s1. The van der Waals surface area contributed by atoms with Crippen LogP contribution >= 0.6 is 0 Å². The van der Waals surface area contributed by atoms with Gasteiger partial charge in [0, 0.05) is 55.5 Å². The maximum atomic E-state index is 14.0. The smallest absolute Gasteiger partial charge is 0.242 e. The van der Waals surface area contributed by atoms with E-state index in [1.807, 2.05) is 0 Å². The third kappa shape index (κ3) is 6.80. The van der Waals surface area contributed by atoms with Gasteiger partial charge in [0.05, 0.1) is 61.0 Å². The van der Waals surface area contributed by atoms with Crippen LogP contribution in [0.5, 0.6) is 17.2 Å². The van der Waals surface area contributed by atoms with E-state index >= 15 is 0 Å². The Labute approximate surface area is 300 Å². The molecular weight excluding hydrogens is 682 g/mol. The van der Waals surface area contributed by atoms with Gasteiger partial charge in [-0.25, -0.2) is 5.43 Å². The number of ketones is 2. The molecule has 2 heterocycles. The van der Waals surface area contributed by atoms with Crippen molar-refractivity contribution in [2.45, 2.75) is 89.2 Å². The Bertz CT molecular complexity index is 1760. The number of hydrogen-bond acceptors (Lipinski definition) is 15.